The Bertz CT molecular complexity index is 355. The van der Waals surface area contributed by atoms with Gasteiger partial charge in [-0.15, -0.1) is 0 Å². The molecule has 4 nitrogen and oxygen atoms in total. The first-order chi connectivity index (χ1) is 6.24. The van der Waals surface area contributed by atoms with Crippen LogP contribution >= 0.6 is 0 Å². The van der Waals surface area contributed by atoms with Gasteiger partial charge in [0.25, 0.3) is 0 Å². The maximum Gasteiger partial charge on any atom is 0.248 e. The van der Waals surface area contributed by atoms with Gasteiger partial charge in [0.15, 0.2) is 6.61 Å². The molecule has 0 aromatic heterocycles. The van der Waals surface area contributed by atoms with Crippen LogP contribution in [0.15, 0.2) is 24.3 Å². The quantitative estimate of drug-likeness (QED) is 0.735. The summed E-state index contributed by atoms with van der Waals surface area (Å²) in [5.74, 6) is -0.0414. The zero-order valence-corrected chi connectivity index (χ0v) is 6.86. The molecule has 1 aromatic carbocycles. The van der Waals surface area contributed by atoms with Gasteiger partial charge in [0.05, 0.1) is 0 Å². The minimum absolute atomic E-state index is 0.0395. The second-order valence-corrected chi connectivity index (χ2v) is 2.34. The Labute approximate surface area is 75.5 Å². The maximum atomic E-state index is 10.7. The van der Waals surface area contributed by atoms with Gasteiger partial charge >= 0.3 is 0 Å². The highest BCUT2D eigenvalue weighted by Crippen LogP contribution is 2.12. The van der Waals surface area contributed by atoms with Crippen molar-refractivity contribution in [3.63, 3.8) is 0 Å². The molecule has 0 aliphatic carbocycles. The molecule has 66 valence electrons. The zero-order valence-electron chi connectivity index (χ0n) is 6.86. The normalized spacial score (nSPS) is 8.85. The van der Waals surface area contributed by atoms with Gasteiger partial charge < -0.3 is 10.5 Å². The van der Waals surface area contributed by atoms with Gasteiger partial charge in [-0.3, -0.25) is 4.79 Å². The summed E-state index contributed by atoms with van der Waals surface area (Å²) in [5, 5.41) is 8.24. The van der Waals surface area contributed by atoms with E-state index >= 15 is 0 Å². The van der Waals surface area contributed by atoms with Crippen molar-refractivity contribution in [3.05, 3.63) is 29.8 Å². The van der Waals surface area contributed by atoms with Crippen LogP contribution < -0.4 is 10.5 Å². The Morgan fingerprint density at radius 2 is 2.38 bits per heavy atom. The summed E-state index contributed by atoms with van der Waals surface area (Å²) in [6.07, 6.45) is 0. The van der Waals surface area contributed by atoms with E-state index < -0.39 is 5.91 Å². The van der Waals surface area contributed by atoms with E-state index in [9.17, 15) is 4.79 Å². The van der Waals surface area contributed by atoms with Gasteiger partial charge in [-0.05, 0) is 18.2 Å². The number of amides is 1. The van der Waals surface area contributed by atoms with E-state index in [0.29, 0.717) is 11.3 Å². The number of ether oxygens (including phenoxy) is 1. The van der Waals surface area contributed by atoms with Crippen molar-refractivity contribution < 1.29 is 9.53 Å². The number of carbonyl (C=O) groups is 1. The Kier molecular flexibility index (Phi) is 2.87. The number of carbonyl (C=O) groups excluding carboxylic acids is 1. The third-order valence-corrected chi connectivity index (χ3v) is 1.42. The molecule has 1 rings (SSSR count). The van der Waals surface area contributed by atoms with Crippen molar-refractivity contribution >= 4 is 5.91 Å². The predicted molar refractivity (Wildman–Crippen MR) is 46.1 cm³/mol. The minimum Gasteiger partial charge on any atom is -0.479 e. The van der Waals surface area contributed by atoms with Gasteiger partial charge in [-0.1, -0.05) is 6.07 Å². The first-order valence-corrected chi connectivity index (χ1v) is 3.63. The Morgan fingerprint density at radius 3 is 3.00 bits per heavy atom. The number of primary amides is 1. The van der Waals surface area contributed by atoms with Crippen molar-refractivity contribution in [2.45, 2.75) is 0 Å². The van der Waals surface area contributed by atoms with Crippen LogP contribution in [0.25, 0.3) is 0 Å². The molecule has 0 aliphatic rings. The first kappa shape index (κ1) is 9.07. The molecule has 13 heavy (non-hydrogen) atoms. The molecule has 0 bridgehead atoms. The second kappa shape index (κ2) is 4.12. The molecule has 0 saturated heterocycles. The molecular weight excluding hydrogens is 168 g/mol. The molecule has 0 heterocycles. The minimum atomic E-state index is -0.512. The van der Waals surface area contributed by atoms with Crippen molar-refractivity contribution in [3.8, 4) is 11.8 Å². The summed E-state index contributed by atoms with van der Waals surface area (Å²) >= 11 is 0. The molecule has 0 aliphatic heterocycles. The Morgan fingerprint density at radius 1 is 1.62 bits per heavy atom. The molecule has 1 aromatic rings. The maximum absolute atomic E-state index is 10.7. The van der Waals surface area contributed by atoms with Gasteiger partial charge in [0.2, 0.25) is 5.91 Å². The van der Waals surface area contributed by atoms with Crippen LogP contribution in [0.4, 0.5) is 0 Å². The molecule has 2 N–H and O–H groups in total. The number of hydrogen-bond donors (Lipinski definition) is 1. The van der Waals surface area contributed by atoms with E-state index in [4.69, 9.17) is 15.7 Å². The van der Waals surface area contributed by atoms with Crippen LogP contribution in [-0.4, -0.2) is 12.5 Å². The summed E-state index contributed by atoms with van der Waals surface area (Å²) in [7, 11) is 0. The summed E-state index contributed by atoms with van der Waals surface area (Å²) < 4.78 is 4.98. The lowest BCUT2D eigenvalue weighted by Crippen LogP contribution is -2.10. The van der Waals surface area contributed by atoms with Gasteiger partial charge in [-0.2, -0.15) is 5.26 Å². The van der Waals surface area contributed by atoms with Gasteiger partial charge in [-0.25, -0.2) is 0 Å². The SMILES string of the molecule is N#CCOc1cccc(C(N)=O)c1. The highest BCUT2D eigenvalue weighted by molar-refractivity contribution is 5.93. The summed E-state index contributed by atoms with van der Waals surface area (Å²) in [4.78, 5) is 10.7. The number of nitrogens with zero attached hydrogens (tertiary/aromatic N) is 1. The van der Waals surface area contributed by atoms with Crippen molar-refractivity contribution in [2.75, 3.05) is 6.61 Å². The standard InChI is InChI=1S/C9H8N2O2/c10-4-5-13-8-3-1-2-7(6-8)9(11)12/h1-3,6H,5H2,(H2,11,12). The fourth-order valence-electron chi connectivity index (χ4n) is 0.855. The average Bonchev–Trinajstić information content (AvgIpc) is 2.15. The largest absolute Gasteiger partial charge is 0.479 e. The van der Waals surface area contributed by atoms with E-state index in [1.807, 2.05) is 6.07 Å². The van der Waals surface area contributed by atoms with Crippen LogP contribution in [-0.2, 0) is 0 Å². The molecule has 0 radical (unpaired) electrons. The smallest absolute Gasteiger partial charge is 0.248 e. The lowest BCUT2D eigenvalue weighted by Gasteiger charge is -2.01. The molecule has 0 fully saturated rings. The van der Waals surface area contributed by atoms with Crippen molar-refractivity contribution in [2.24, 2.45) is 5.73 Å². The second-order valence-electron chi connectivity index (χ2n) is 2.34. The number of rotatable bonds is 3. The van der Waals surface area contributed by atoms with E-state index in [1.54, 1.807) is 18.2 Å². The van der Waals surface area contributed by atoms with Gasteiger partial charge in [0.1, 0.15) is 11.8 Å². The van der Waals surface area contributed by atoms with E-state index in [1.165, 1.54) is 6.07 Å². The summed E-state index contributed by atoms with van der Waals surface area (Å²) in [6, 6.07) is 8.21. The number of nitriles is 1. The topological polar surface area (TPSA) is 76.1 Å². The lowest BCUT2D eigenvalue weighted by atomic mass is 10.2. The third-order valence-electron chi connectivity index (χ3n) is 1.42. The average molecular weight is 176 g/mol. The van der Waals surface area contributed by atoms with E-state index in [-0.39, 0.29) is 6.61 Å². The molecule has 0 spiro atoms. The van der Waals surface area contributed by atoms with E-state index in [2.05, 4.69) is 0 Å². The lowest BCUT2D eigenvalue weighted by molar-refractivity contribution is 0.1000. The number of nitrogens with two attached hydrogens (primary N) is 1. The zero-order chi connectivity index (χ0) is 9.68. The van der Waals surface area contributed by atoms with Gasteiger partial charge in [0, 0.05) is 5.56 Å². The third kappa shape index (κ3) is 2.49. The van der Waals surface area contributed by atoms with Crippen LogP contribution in [0.3, 0.4) is 0 Å². The first-order valence-electron chi connectivity index (χ1n) is 3.63. The highest BCUT2D eigenvalue weighted by Gasteiger charge is 2.00. The van der Waals surface area contributed by atoms with Crippen molar-refractivity contribution in [1.29, 1.82) is 5.26 Å². The predicted octanol–water partition coefficient (Wildman–Crippen LogP) is 0.688. The molecule has 4 heteroatoms. The monoisotopic (exact) mass is 176 g/mol. The van der Waals surface area contributed by atoms with Crippen LogP contribution in [0.2, 0.25) is 0 Å². The summed E-state index contributed by atoms with van der Waals surface area (Å²) in [6.45, 7) is -0.0395. The van der Waals surface area contributed by atoms with Crippen LogP contribution in [0.5, 0.6) is 5.75 Å². The molecule has 1 amide bonds. The van der Waals surface area contributed by atoms with E-state index in [0.717, 1.165) is 0 Å². The summed E-state index contributed by atoms with van der Waals surface area (Å²) in [5.41, 5.74) is 5.42. The van der Waals surface area contributed by atoms with Crippen LogP contribution in [0, 0.1) is 11.3 Å². The number of benzene rings is 1. The molecule has 0 unspecified atom stereocenters. The van der Waals surface area contributed by atoms with Crippen molar-refractivity contribution in [1.82, 2.24) is 0 Å². The highest BCUT2D eigenvalue weighted by atomic mass is 16.5. The van der Waals surface area contributed by atoms with Crippen LogP contribution in [0.1, 0.15) is 10.4 Å². The fourth-order valence-corrected chi connectivity index (χ4v) is 0.855. The number of hydrogen-bond acceptors (Lipinski definition) is 3. The molecule has 0 saturated carbocycles. The Hall–Kier alpha value is -2.02. The Balaban J connectivity index is 2.80. The fraction of sp³-hybridized carbons (Fsp3) is 0.111. The molecule has 0 atom stereocenters. The molecular formula is C9H8N2O2.